The number of alkyl halides is 1. The molecule has 1 unspecified atom stereocenters. The summed E-state index contributed by atoms with van der Waals surface area (Å²) >= 11 is 5.32. The highest BCUT2D eigenvalue weighted by Crippen LogP contribution is 2.22. The van der Waals surface area contributed by atoms with Crippen LogP contribution in [0.1, 0.15) is 36.4 Å². The van der Waals surface area contributed by atoms with E-state index < -0.39 is 0 Å². The van der Waals surface area contributed by atoms with Gasteiger partial charge in [0.2, 0.25) is 0 Å². The summed E-state index contributed by atoms with van der Waals surface area (Å²) in [5.41, 5.74) is 1.25. The lowest BCUT2D eigenvalue weighted by atomic mass is 10.00. The molecule has 1 fully saturated rings. The fraction of sp³-hybridized carbons (Fsp3) is 0.750. The summed E-state index contributed by atoms with van der Waals surface area (Å²) in [4.78, 5) is 7.17. The van der Waals surface area contributed by atoms with Crippen molar-refractivity contribution in [2.24, 2.45) is 0 Å². The highest BCUT2D eigenvalue weighted by atomic mass is 79.9. The molecule has 1 aromatic rings. The van der Waals surface area contributed by atoms with Crippen LogP contribution >= 0.6 is 27.3 Å². The van der Waals surface area contributed by atoms with E-state index in [2.05, 4.69) is 38.1 Å². The minimum absolute atomic E-state index is 0.759. The molecule has 0 aromatic carbocycles. The van der Waals surface area contributed by atoms with Gasteiger partial charge in [0, 0.05) is 23.3 Å². The number of halogens is 1. The monoisotopic (exact) mass is 302 g/mol. The molecule has 90 valence electrons. The zero-order chi connectivity index (χ0) is 11.4. The Kier molecular flexibility index (Phi) is 4.79. The fourth-order valence-electron chi connectivity index (χ4n) is 2.41. The van der Waals surface area contributed by atoms with Gasteiger partial charge in [0.15, 0.2) is 0 Å². The average molecular weight is 303 g/mol. The van der Waals surface area contributed by atoms with E-state index in [0.717, 1.165) is 17.9 Å². The van der Waals surface area contributed by atoms with Crippen LogP contribution in [0.5, 0.6) is 0 Å². The summed E-state index contributed by atoms with van der Waals surface area (Å²) in [6.07, 6.45) is 5.37. The van der Waals surface area contributed by atoms with Crippen molar-refractivity contribution in [1.82, 2.24) is 9.88 Å². The van der Waals surface area contributed by atoms with Crippen LogP contribution in [0, 0.1) is 6.92 Å². The molecule has 0 aliphatic carbocycles. The highest BCUT2D eigenvalue weighted by molar-refractivity contribution is 9.09. The van der Waals surface area contributed by atoms with Crippen molar-refractivity contribution >= 4 is 27.3 Å². The topological polar surface area (TPSA) is 16.1 Å². The molecule has 0 amide bonds. The maximum atomic E-state index is 4.56. The number of likely N-dealkylation sites (tertiary alicyclic amines) is 1. The van der Waals surface area contributed by atoms with Gasteiger partial charge >= 0.3 is 0 Å². The summed E-state index contributed by atoms with van der Waals surface area (Å²) in [6, 6.07) is 0.759. The molecular weight excluding hydrogens is 284 g/mol. The Hall–Kier alpha value is 0.0700. The Bertz CT molecular complexity index is 325. The van der Waals surface area contributed by atoms with Crippen LogP contribution in [0.15, 0.2) is 5.38 Å². The quantitative estimate of drug-likeness (QED) is 0.790. The Morgan fingerprint density at radius 1 is 1.56 bits per heavy atom. The van der Waals surface area contributed by atoms with Gasteiger partial charge in [0.25, 0.3) is 0 Å². The maximum Gasteiger partial charge on any atom is 0.0897 e. The zero-order valence-electron chi connectivity index (χ0n) is 9.79. The molecule has 0 bridgehead atoms. The Morgan fingerprint density at radius 2 is 2.44 bits per heavy atom. The van der Waals surface area contributed by atoms with E-state index in [1.807, 2.05) is 0 Å². The highest BCUT2D eigenvalue weighted by Gasteiger charge is 2.22. The van der Waals surface area contributed by atoms with Gasteiger partial charge < -0.3 is 0 Å². The third-order valence-electron chi connectivity index (χ3n) is 3.22. The first kappa shape index (κ1) is 12.5. The summed E-state index contributed by atoms with van der Waals surface area (Å²) in [5.74, 6) is 0. The minimum Gasteiger partial charge on any atom is -0.295 e. The first-order valence-electron chi connectivity index (χ1n) is 6.00. The van der Waals surface area contributed by atoms with Crippen LogP contribution in [-0.2, 0) is 6.54 Å². The van der Waals surface area contributed by atoms with Crippen molar-refractivity contribution in [3.63, 3.8) is 0 Å². The third kappa shape index (κ3) is 3.28. The number of thiazole rings is 1. The lowest BCUT2D eigenvalue weighted by Gasteiger charge is -2.35. The zero-order valence-corrected chi connectivity index (χ0v) is 12.2. The lowest BCUT2D eigenvalue weighted by molar-refractivity contribution is 0.136. The van der Waals surface area contributed by atoms with E-state index in [-0.39, 0.29) is 0 Å². The van der Waals surface area contributed by atoms with E-state index in [1.54, 1.807) is 11.3 Å². The molecule has 1 saturated heterocycles. The van der Waals surface area contributed by atoms with Crippen molar-refractivity contribution in [1.29, 1.82) is 0 Å². The minimum atomic E-state index is 0.759. The second-order valence-electron chi connectivity index (χ2n) is 4.46. The van der Waals surface area contributed by atoms with Gasteiger partial charge in [-0.25, -0.2) is 4.98 Å². The Balaban J connectivity index is 1.95. The number of hydrogen-bond acceptors (Lipinski definition) is 3. The van der Waals surface area contributed by atoms with E-state index in [9.17, 15) is 0 Å². The van der Waals surface area contributed by atoms with E-state index in [4.69, 9.17) is 0 Å². The molecule has 1 aromatic heterocycles. The largest absolute Gasteiger partial charge is 0.295 e. The van der Waals surface area contributed by atoms with Crippen molar-refractivity contribution in [3.05, 3.63) is 16.1 Å². The first-order valence-corrected chi connectivity index (χ1v) is 8.00. The van der Waals surface area contributed by atoms with Crippen LogP contribution < -0.4 is 0 Å². The molecule has 2 nitrogen and oxygen atoms in total. The van der Waals surface area contributed by atoms with Gasteiger partial charge in [0.1, 0.15) is 0 Å². The normalized spacial score (nSPS) is 22.5. The van der Waals surface area contributed by atoms with Gasteiger partial charge in [-0.3, -0.25) is 4.90 Å². The van der Waals surface area contributed by atoms with Gasteiger partial charge in [-0.05, 0) is 32.7 Å². The maximum absolute atomic E-state index is 4.56. The number of hydrogen-bond donors (Lipinski definition) is 0. The standard InChI is InChI=1S/C12H19BrN2S/c1-10-14-11(9-16-10)8-15-7-3-2-4-12(15)5-6-13/h9,12H,2-8H2,1H3. The van der Waals surface area contributed by atoms with Crippen molar-refractivity contribution in [3.8, 4) is 0 Å². The fourth-order valence-corrected chi connectivity index (χ4v) is 3.54. The number of piperidine rings is 1. The number of nitrogens with zero attached hydrogens (tertiary/aromatic N) is 2. The predicted molar refractivity (Wildman–Crippen MR) is 73.3 cm³/mol. The van der Waals surface area contributed by atoms with Gasteiger partial charge in [-0.1, -0.05) is 22.4 Å². The molecular formula is C12H19BrN2S. The van der Waals surface area contributed by atoms with Gasteiger partial charge in [-0.15, -0.1) is 11.3 Å². The smallest absolute Gasteiger partial charge is 0.0897 e. The molecule has 0 saturated carbocycles. The van der Waals surface area contributed by atoms with Crippen molar-refractivity contribution < 1.29 is 0 Å². The molecule has 0 radical (unpaired) electrons. The van der Waals surface area contributed by atoms with Crippen LogP contribution in [0.3, 0.4) is 0 Å². The van der Waals surface area contributed by atoms with Crippen molar-refractivity contribution in [2.45, 2.75) is 45.2 Å². The Labute approximate surface area is 110 Å². The average Bonchev–Trinajstić information content (AvgIpc) is 2.67. The Morgan fingerprint density at radius 3 is 3.12 bits per heavy atom. The molecule has 2 heterocycles. The molecule has 0 N–H and O–H groups in total. The van der Waals surface area contributed by atoms with Crippen LogP contribution in [-0.4, -0.2) is 27.8 Å². The molecule has 1 aliphatic rings. The number of aryl methyl sites for hydroxylation is 1. The summed E-state index contributed by atoms with van der Waals surface area (Å²) < 4.78 is 0. The summed E-state index contributed by atoms with van der Waals surface area (Å²) in [6.45, 7) is 4.37. The molecule has 4 heteroatoms. The van der Waals surface area contributed by atoms with Gasteiger partial charge in [-0.2, -0.15) is 0 Å². The van der Waals surface area contributed by atoms with Crippen LogP contribution in [0.4, 0.5) is 0 Å². The molecule has 0 spiro atoms. The summed E-state index contributed by atoms with van der Waals surface area (Å²) in [5, 5.41) is 4.50. The van der Waals surface area contributed by atoms with Gasteiger partial charge in [0.05, 0.1) is 10.7 Å². The number of rotatable bonds is 4. The summed E-state index contributed by atoms with van der Waals surface area (Å²) in [7, 11) is 0. The van der Waals surface area contributed by atoms with E-state index in [0.29, 0.717) is 0 Å². The van der Waals surface area contributed by atoms with E-state index >= 15 is 0 Å². The molecule has 2 rings (SSSR count). The third-order valence-corrected chi connectivity index (χ3v) is 4.50. The lowest BCUT2D eigenvalue weighted by Crippen LogP contribution is -2.39. The number of aromatic nitrogens is 1. The predicted octanol–water partition coefficient (Wildman–Crippen LogP) is 3.59. The van der Waals surface area contributed by atoms with E-state index in [1.165, 1.54) is 42.9 Å². The SMILES string of the molecule is Cc1nc(CN2CCCCC2CCBr)cs1. The first-order chi connectivity index (χ1) is 7.79. The molecule has 1 aliphatic heterocycles. The molecule has 1 atom stereocenters. The second-order valence-corrected chi connectivity index (χ2v) is 6.31. The second kappa shape index (κ2) is 6.12. The van der Waals surface area contributed by atoms with Crippen LogP contribution in [0.2, 0.25) is 0 Å². The van der Waals surface area contributed by atoms with Crippen molar-refractivity contribution in [2.75, 3.05) is 11.9 Å². The molecule has 16 heavy (non-hydrogen) atoms. The van der Waals surface area contributed by atoms with Crippen LogP contribution in [0.25, 0.3) is 0 Å².